The predicted octanol–water partition coefficient (Wildman–Crippen LogP) is 1.41. The Labute approximate surface area is 164 Å². The Hall–Kier alpha value is -2.52. The maximum absolute atomic E-state index is 12.9. The molecule has 0 saturated carbocycles. The van der Waals surface area contributed by atoms with Gasteiger partial charge in [-0.3, -0.25) is 4.79 Å². The molecule has 1 amide bonds. The first-order valence-electron chi connectivity index (χ1n) is 9.16. The van der Waals surface area contributed by atoms with Gasteiger partial charge in [-0.2, -0.15) is 10.2 Å². The van der Waals surface area contributed by atoms with Gasteiger partial charge in [-0.25, -0.2) is 12.7 Å². The standard InChI is InChI=1S/C19H22N4O4S/c1-22-13-19(14-27-16-4-2-3-5-17(16)28(22,25)26)7-10-23(11-8-19)18(24)15-6-9-20-21-12-15/h2-6,9,12H,7-8,10-11,13-14H2,1H3. The molecule has 0 N–H and O–H groups in total. The molecule has 1 fully saturated rings. The second-order valence-electron chi connectivity index (χ2n) is 7.42. The first kappa shape index (κ1) is 18.8. The highest BCUT2D eigenvalue weighted by atomic mass is 32.2. The van der Waals surface area contributed by atoms with E-state index in [2.05, 4.69) is 10.2 Å². The number of aromatic nitrogens is 2. The van der Waals surface area contributed by atoms with Gasteiger partial charge >= 0.3 is 0 Å². The lowest BCUT2D eigenvalue weighted by molar-refractivity contribution is 0.0324. The molecular weight excluding hydrogens is 380 g/mol. The fourth-order valence-electron chi connectivity index (χ4n) is 3.87. The molecule has 28 heavy (non-hydrogen) atoms. The molecule has 4 rings (SSSR count). The van der Waals surface area contributed by atoms with E-state index in [-0.39, 0.29) is 16.2 Å². The summed E-state index contributed by atoms with van der Waals surface area (Å²) >= 11 is 0. The minimum atomic E-state index is -3.62. The Morgan fingerprint density at radius 3 is 2.61 bits per heavy atom. The normalized spacial score (nSPS) is 21.2. The number of hydrogen-bond donors (Lipinski definition) is 0. The zero-order valence-electron chi connectivity index (χ0n) is 15.6. The average molecular weight is 402 g/mol. The van der Waals surface area contributed by atoms with Crippen molar-refractivity contribution in [2.24, 2.45) is 5.41 Å². The Balaban J connectivity index is 1.54. The summed E-state index contributed by atoms with van der Waals surface area (Å²) in [5.41, 5.74) is 0.177. The Bertz CT molecular complexity index is 972. The van der Waals surface area contributed by atoms with Gasteiger partial charge in [0, 0.05) is 32.1 Å². The van der Waals surface area contributed by atoms with Crippen LogP contribution in [0.1, 0.15) is 23.2 Å². The highest BCUT2D eigenvalue weighted by molar-refractivity contribution is 7.89. The molecule has 2 aromatic rings. The second kappa shape index (κ2) is 7.14. The van der Waals surface area contributed by atoms with Crippen molar-refractivity contribution in [1.82, 2.24) is 19.4 Å². The van der Waals surface area contributed by atoms with Gasteiger partial charge in [0.15, 0.2) is 0 Å². The van der Waals surface area contributed by atoms with Crippen molar-refractivity contribution < 1.29 is 17.9 Å². The van der Waals surface area contributed by atoms with E-state index in [9.17, 15) is 13.2 Å². The predicted molar refractivity (Wildman–Crippen MR) is 101 cm³/mol. The number of fused-ring (bicyclic) bond motifs is 1. The van der Waals surface area contributed by atoms with Crippen LogP contribution in [0, 0.1) is 5.41 Å². The van der Waals surface area contributed by atoms with Crippen LogP contribution in [0.25, 0.3) is 0 Å². The summed E-state index contributed by atoms with van der Waals surface area (Å²) in [7, 11) is -2.01. The maximum atomic E-state index is 12.9. The van der Waals surface area contributed by atoms with E-state index in [0.717, 1.165) is 0 Å². The van der Waals surface area contributed by atoms with Crippen LogP contribution in [-0.2, 0) is 10.0 Å². The van der Waals surface area contributed by atoms with E-state index < -0.39 is 10.0 Å². The van der Waals surface area contributed by atoms with E-state index >= 15 is 0 Å². The number of carbonyl (C=O) groups excluding carboxylic acids is 1. The van der Waals surface area contributed by atoms with Gasteiger partial charge in [0.25, 0.3) is 5.91 Å². The van der Waals surface area contributed by atoms with Crippen LogP contribution in [0.4, 0.5) is 0 Å². The summed E-state index contributed by atoms with van der Waals surface area (Å²) in [6.45, 7) is 1.87. The molecule has 0 bridgehead atoms. The molecule has 0 atom stereocenters. The van der Waals surface area contributed by atoms with Crippen molar-refractivity contribution >= 4 is 15.9 Å². The van der Waals surface area contributed by atoms with Crippen LogP contribution >= 0.6 is 0 Å². The third-order valence-corrected chi connectivity index (χ3v) is 7.41. The van der Waals surface area contributed by atoms with Crippen LogP contribution in [0.2, 0.25) is 0 Å². The SMILES string of the molecule is CN1CC2(CCN(C(=O)c3ccnnc3)CC2)COc2ccccc2S1(=O)=O. The number of hydrogen-bond acceptors (Lipinski definition) is 6. The lowest BCUT2D eigenvalue weighted by atomic mass is 9.78. The van der Waals surface area contributed by atoms with Gasteiger partial charge in [0.2, 0.25) is 10.0 Å². The molecule has 0 aliphatic carbocycles. The van der Waals surface area contributed by atoms with Crippen LogP contribution in [0.5, 0.6) is 5.75 Å². The molecule has 0 unspecified atom stereocenters. The van der Waals surface area contributed by atoms with E-state index in [1.807, 2.05) is 0 Å². The Morgan fingerprint density at radius 1 is 1.14 bits per heavy atom. The van der Waals surface area contributed by atoms with E-state index in [1.165, 1.54) is 16.7 Å². The van der Waals surface area contributed by atoms with Crippen molar-refractivity contribution in [3.8, 4) is 5.75 Å². The lowest BCUT2D eigenvalue weighted by Crippen LogP contribution is -2.51. The first-order valence-corrected chi connectivity index (χ1v) is 10.6. The Kier molecular flexibility index (Phi) is 4.80. The highest BCUT2D eigenvalue weighted by Crippen LogP contribution is 2.38. The maximum Gasteiger partial charge on any atom is 0.255 e. The van der Waals surface area contributed by atoms with Crippen LogP contribution in [0.15, 0.2) is 47.6 Å². The number of amides is 1. The zero-order chi connectivity index (χ0) is 19.8. The third-order valence-electron chi connectivity index (χ3n) is 5.57. The van der Waals surface area contributed by atoms with Crippen LogP contribution in [-0.4, -0.2) is 67.0 Å². The lowest BCUT2D eigenvalue weighted by Gasteiger charge is -2.44. The fraction of sp³-hybridized carbons (Fsp3) is 0.421. The third kappa shape index (κ3) is 3.35. The van der Waals surface area contributed by atoms with Crippen molar-refractivity contribution in [2.75, 3.05) is 33.3 Å². The number of sulfonamides is 1. The number of rotatable bonds is 1. The van der Waals surface area contributed by atoms with Gasteiger partial charge in [-0.1, -0.05) is 12.1 Å². The largest absolute Gasteiger partial charge is 0.492 e. The molecule has 148 valence electrons. The molecule has 2 aliphatic heterocycles. The number of para-hydroxylation sites is 1. The van der Waals surface area contributed by atoms with Crippen molar-refractivity contribution in [2.45, 2.75) is 17.7 Å². The first-order chi connectivity index (χ1) is 13.4. The number of nitrogens with zero attached hydrogens (tertiary/aromatic N) is 4. The molecule has 1 aromatic carbocycles. The van der Waals surface area contributed by atoms with Gasteiger partial charge in [0.1, 0.15) is 10.6 Å². The molecule has 3 heterocycles. The minimum Gasteiger partial charge on any atom is -0.492 e. The summed E-state index contributed by atoms with van der Waals surface area (Å²) in [5.74, 6) is 0.303. The van der Waals surface area contributed by atoms with Crippen LogP contribution < -0.4 is 4.74 Å². The van der Waals surface area contributed by atoms with Crippen molar-refractivity contribution in [1.29, 1.82) is 0 Å². The monoisotopic (exact) mass is 402 g/mol. The average Bonchev–Trinajstić information content (AvgIpc) is 2.72. The van der Waals surface area contributed by atoms with Gasteiger partial charge in [-0.15, -0.1) is 0 Å². The fourth-order valence-corrected chi connectivity index (χ4v) is 5.28. The number of ether oxygens (including phenoxy) is 1. The topological polar surface area (TPSA) is 92.7 Å². The van der Waals surface area contributed by atoms with Crippen LogP contribution in [0.3, 0.4) is 0 Å². The number of carbonyl (C=O) groups is 1. The van der Waals surface area contributed by atoms with E-state index in [1.54, 1.807) is 42.3 Å². The molecule has 2 aliphatic rings. The molecule has 9 heteroatoms. The number of benzene rings is 1. The smallest absolute Gasteiger partial charge is 0.255 e. The van der Waals surface area contributed by atoms with Gasteiger partial charge in [-0.05, 0) is 31.0 Å². The molecule has 8 nitrogen and oxygen atoms in total. The molecular formula is C19H22N4O4S. The zero-order valence-corrected chi connectivity index (χ0v) is 16.4. The summed E-state index contributed by atoms with van der Waals surface area (Å²) in [6.07, 6.45) is 4.29. The van der Waals surface area contributed by atoms with E-state index in [4.69, 9.17) is 4.74 Å². The molecule has 1 aromatic heterocycles. The Morgan fingerprint density at radius 2 is 1.89 bits per heavy atom. The van der Waals surface area contributed by atoms with Gasteiger partial charge < -0.3 is 9.64 Å². The van der Waals surface area contributed by atoms with Gasteiger partial charge in [0.05, 0.1) is 24.6 Å². The summed E-state index contributed by atoms with van der Waals surface area (Å²) in [4.78, 5) is 14.6. The number of likely N-dealkylation sites (tertiary alicyclic amines) is 1. The highest BCUT2D eigenvalue weighted by Gasteiger charge is 2.42. The molecule has 1 spiro atoms. The second-order valence-corrected chi connectivity index (χ2v) is 9.43. The summed E-state index contributed by atoms with van der Waals surface area (Å²) in [6, 6.07) is 8.38. The summed E-state index contributed by atoms with van der Waals surface area (Å²) < 4.78 is 33.2. The quantitative estimate of drug-likeness (QED) is 0.716. The van der Waals surface area contributed by atoms with Crippen molar-refractivity contribution in [3.05, 3.63) is 48.3 Å². The summed E-state index contributed by atoms with van der Waals surface area (Å²) in [5, 5.41) is 7.46. The number of piperidine rings is 1. The van der Waals surface area contributed by atoms with E-state index in [0.29, 0.717) is 50.4 Å². The minimum absolute atomic E-state index is 0.0807. The molecule has 1 saturated heterocycles. The van der Waals surface area contributed by atoms with Crippen molar-refractivity contribution in [3.63, 3.8) is 0 Å². The molecule has 0 radical (unpaired) electrons.